The Morgan fingerprint density at radius 2 is 1.90 bits per heavy atom. The number of carbonyl (C=O) groups is 1. The Morgan fingerprint density at radius 3 is 2.53 bits per heavy atom. The van der Waals surface area contributed by atoms with Crippen LogP contribution in [-0.4, -0.2) is 81.1 Å². The maximum Gasteiger partial charge on any atom is 0.221 e. The van der Waals surface area contributed by atoms with Crippen LogP contribution in [0.15, 0.2) is 29.3 Å². The zero-order valence-corrected chi connectivity index (χ0v) is 20.1. The number of halogens is 2. The summed E-state index contributed by atoms with van der Waals surface area (Å²) in [5.41, 5.74) is 6.52. The van der Waals surface area contributed by atoms with E-state index in [1.807, 2.05) is 19.2 Å². The molecule has 0 aromatic heterocycles. The molecule has 9 heteroatoms. The number of nitrogens with zero attached hydrogens (tertiary/aromatic N) is 4. The van der Waals surface area contributed by atoms with Gasteiger partial charge in [-0.25, -0.2) is 4.39 Å². The van der Waals surface area contributed by atoms with E-state index in [0.29, 0.717) is 0 Å². The number of aliphatic imine (C=N–C) groups is 1. The van der Waals surface area contributed by atoms with Crippen LogP contribution in [0.4, 0.5) is 10.1 Å². The van der Waals surface area contributed by atoms with Gasteiger partial charge in [0.2, 0.25) is 5.91 Å². The number of piperazine rings is 1. The van der Waals surface area contributed by atoms with Crippen molar-refractivity contribution >= 4 is 41.5 Å². The third kappa shape index (κ3) is 6.97. The minimum absolute atomic E-state index is 0. The van der Waals surface area contributed by atoms with Crippen molar-refractivity contribution in [2.24, 2.45) is 16.6 Å². The lowest BCUT2D eigenvalue weighted by Gasteiger charge is -2.37. The minimum Gasteiger partial charge on any atom is -0.369 e. The summed E-state index contributed by atoms with van der Waals surface area (Å²) in [6.45, 7) is 7.17. The molecular formula is C21H34FIN6O. The molecule has 1 amide bonds. The number of nitrogens with one attached hydrogen (secondary N) is 1. The van der Waals surface area contributed by atoms with Crippen molar-refractivity contribution in [3.05, 3.63) is 30.1 Å². The molecule has 1 unspecified atom stereocenters. The van der Waals surface area contributed by atoms with Gasteiger partial charge >= 0.3 is 0 Å². The number of rotatable bonds is 6. The average Bonchev–Trinajstić information content (AvgIpc) is 2.75. The normalized spacial score (nSPS) is 20.6. The maximum atomic E-state index is 13.1. The number of carbonyl (C=O) groups excluding carboxylic acids is 1. The number of hydrogen-bond acceptors (Lipinski definition) is 4. The van der Waals surface area contributed by atoms with E-state index in [1.165, 1.54) is 12.1 Å². The van der Waals surface area contributed by atoms with E-state index in [0.717, 1.165) is 83.3 Å². The summed E-state index contributed by atoms with van der Waals surface area (Å²) in [7, 11) is 1.82. The molecule has 3 N–H and O–H groups in total. The summed E-state index contributed by atoms with van der Waals surface area (Å²) >= 11 is 0. The van der Waals surface area contributed by atoms with Crippen LogP contribution in [0.3, 0.4) is 0 Å². The smallest absolute Gasteiger partial charge is 0.221 e. The lowest BCUT2D eigenvalue weighted by Crippen LogP contribution is -2.52. The zero-order chi connectivity index (χ0) is 20.6. The van der Waals surface area contributed by atoms with Gasteiger partial charge in [0.15, 0.2) is 5.96 Å². The molecule has 0 radical (unpaired) electrons. The summed E-state index contributed by atoms with van der Waals surface area (Å²) in [6.07, 6.45) is 2.96. The van der Waals surface area contributed by atoms with E-state index < -0.39 is 0 Å². The monoisotopic (exact) mass is 532 g/mol. The largest absolute Gasteiger partial charge is 0.369 e. The average molecular weight is 532 g/mol. The molecule has 2 heterocycles. The van der Waals surface area contributed by atoms with Crippen molar-refractivity contribution in [3.63, 3.8) is 0 Å². The molecule has 2 aliphatic heterocycles. The SMILES string of the molecule is CN=C(NCCCN1CCCC(C(N)=O)C1)N1CCN(c2ccc(F)cc2)CC1.I. The summed E-state index contributed by atoms with van der Waals surface area (Å²) in [5, 5.41) is 3.46. The van der Waals surface area contributed by atoms with Gasteiger partial charge in [0.25, 0.3) is 0 Å². The number of nitrogens with two attached hydrogens (primary N) is 1. The second-order valence-electron chi connectivity index (χ2n) is 7.82. The van der Waals surface area contributed by atoms with Gasteiger partial charge in [0.1, 0.15) is 5.82 Å². The molecule has 1 aromatic rings. The van der Waals surface area contributed by atoms with E-state index in [4.69, 9.17) is 5.73 Å². The van der Waals surface area contributed by atoms with Gasteiger partial charge in [0.05, 0.1) is 5.92 Å². The van der Waals surface area contributed by atoms with Crippen LogP contribution < -0.4 is 16.0 Å². The van der Waals surface area contributed by atoms with Gasteiger partial charge in [-0.1, -0.05) is 0 Å². The summed E-state index contributed by atoms with van der Waals surface area (Å²) in [4.78, 5) is 22.7. The van der Waals surface area contributed by atoms with Crippen molar-refractivity contribution in [2.45, 2.75) is 19.3 Å². The Bertz CT molecular complexity index is 693. The van der Waals surface area contributed by atoms with Crippen LogP contribution in [0, 0.1) is 11.7 Å². The molecule has 1 atom stereocenters. The quantitative estimate of drug-likeness (QED) is 0.253. The Labute approximate surface area is 195 Å². The highest BCUT2D eigenvalue weighted by Gasteiger charge is 2.23. The molecule has 0 aliphatic carbocycles. The van der Waals surface area contributed by atoms with Crippen molar-refractivity contribution in [1.82, 2.24) is 15.1 Å². The first kappa shape index (κ1) is 24.6. The van der Waals surface area contributed by atoms with Crippen LogP contribution in [0.2, 0.25) is 0 Å². The molecule has 1 aromatic carbocycles. The van der Waals surface area contributed by atoms with Crippen LogP contribution in [0.1, 0.15) is 19.3 Å². The second-order valence-corrected chi connectivity index (χ2v) is 7.82. The number of piperidine rings is 1. The summed E-state index contributed by atoms with van der Waals surface area (Å²) in [6, 6.07) is 6.69. The van der Waals surface area contributed by atoms with Gasteiger partial charge in [-0.05, 0) is 56.6 Å². The first-order chi connectivity index (χ1) is 14.1. The molecule has 2 fully saturated rings. The number of likely N-dealkylation sites (tertiary alicyclic amines) is 1. The lowest BCUT2D eigenvalue weighted by molar-refractivity contribution is -0.123. The van der Waals surface area contributed by atoms with Gasteiger partial charge in [-0.2, -0.15) is 0 Å². The van der Waals surface area contributed by atoms with E-state index in [9.17, 15) is 9.18 Å². The maximum absolute atomic E-state index is 13.1. The summed E-state index contributed by atoms with van der Waals surface area (Å²) < 4.78 is 13.1. The van der Waals surface area contributed by atoms with Gasteiger partial charge in [-0.3, -0.25) is 9.79 Å². The zero-order valence-electron chi connectivity index (χ0n) is 17.7. The van der Waals surface area contributed by atoms with Crippen LogP contribution in [0.5, 0.6) is 0 Å². The molecule has 0 saturated carbocycles. The molecule has 2 aliphatic rings. The van der Waals surface area contributed by atoms with E-state index in [2.05, 4.69) is 25.0 Å². The highest BCUT2D eigenvalue weighted by atomic mass is 127. The van der Waals surface area contributed by atoms with Crippen LogP contribution >= 0.6 is 24.0 Å². The van der Waals surface area contributed by atoms with E-state index in [-0.39, 0.29) is 41.6 Å². The number of anilines is 1. The molecule has 0 bridgehead atoms. The summed E-state index contributed by atoms with van der Waals surface area (Å²) in [5.74, 6) is 0.555. The molecule has 0 spiro atoms. The van der Waals surface area contributed by atoms with Gasteiger partial charge in [0, 0.05) is 52.0 Å². The van der Waals surface area contributed by atoms with Gasteiger partial charge < -0.3 is 25.8 Å². The molecule has 3 rings (SSSR count). The van der Waals surface area contributed by atoms with Crippen LogP contribution in [-0.2, 0) is 4.79 Å². The Balaban J connectivity index is 0.00000320. The lowest BCUT2D eigenvalue weighted by atomic mass is 9.97. The Hall–Kier alpha value is -1.62. The third-order valence-corrected chi connectivity index (χ3v) is 5.82. The molecule has 30 heavy (non-hydrogen) atoms. The number of benzene rings is 1. The fourth-order valence-electron chi connectivity index (χ4n) is 4.15. The number of hydrogen-bond donors (Lipinski definition) is 2. The third-order valence-electron chi connectivity index (χ3n) is 5.82. The second kappa shape index (κ2) is 12.3. The fraction of sp³-hybridized carbons (Fsp3) is 0.619. The van der Waals surface area contributed by atoms with Crippen molar-refractivity contribution < 1.29 is 9.18 Å². The first-order valence-corrected chi connectivity index (χ1v) is 10.5. The highest BCUT2D eigenvalue weighted by molar-refractivity contribution is 14.0. The highest BCUT2D eigenvalue weighted by Crippen LogP contribution is 2.17. The molecular weight excluding hydrogens is 498 g/mol. The van der Waals surface area contributed by atoms with Crippen molar-refractivity contribution in [2.75, 3.05) is 64.3 Å². The predicted octanol–water partition coefficient (Wildman–Crippen LogP) is 1.73. The Kier molecular flexibility index (Phi) is 10.1. The van der Waals surface area contributed by atoms with Crippen LogP contribution in [0.25, 0.3) is 0 Å². The van der Waals surface area contributed by atoms with Crippen molar-refractivity contribution in [1.29, 1.82) is 0 Å². The number of guanidine groups is 1. The molecule has 7 nitrogen and oxygen atoms in total. The topological polar surface area (TPSA) is 77.2 Å². The Morgan fingerprint density at radius 1 is 1.20 bits per heavy atom. The van der Waals surface area contributed by atoms with Gasteiger partial charge in [-0.15, -0.1) is 24.0 Å². The molecule has 168 valence electrons. The fourth-order valence-corrected chi connectivity index (χ4v) is 4.15. The van der Waals surface area contributed by atoms with E-state index >= 15 is 0 Å². The van der Waals surface area contributed by atoms with E-state index in [1.54, 1.807) is 0 Å². The number of primary amides is 1. The first-order valence-electron chi connectivity index (χ1n) is 10.5. The molecule has 2 saturated heterocycles. The van der Waals surface area contributed by atoms with Crippen molar-refractivity contribution in [3.8, 4) is 0 Å². The minimum atomic E-state index is -0.202. The number of amides is 1. The predicted molar refractivity (Wildman–Crippen MR) is 130 cm³/mol. The standard InChI is InChI=1S/C21H33FN6O.HI/c1-24-21(25-9-3-11-26-10-2-4-17(16-26)20(23)29)28-14-12-27(13-15-28)19-7-5-18(22)6-8-19;/h5-8,17H,2-4,9-16H2,1H3,(H2,23,29)(H,24,25);1H.